The highest BCUT2D eigenvalue weighted by Gasteiger charge is 2.26. The molecule has 1 saturated heterocycles. The number of anilines is 2. The number of ether oxygens (including phenoxy) is 1. The summed E-state index contributed by atoms with van der Waals surface area (Å²) >= 11 is 6.13. The van der Waals surface area contributed by atoms with Crippen LogP contribution in [0.3, 0.4) is 0 Å². The summed E-state index contributed by atoms with van der Waals surface area (Å²) in [7, 11) is 1.56. The number of hydrogen-bond acceptors (Lipinski definition) is 7. The number of carbonyl (C=O) groups is 1. The number of halogens is 1. The van der Waals surface area contributed by atoms with Gasteiger partial charge in [0.15, 0.2) is 5.82 Å². The van der Waals surface area contributed by atoms with E-state index in [2.05, 4.69) is 30.3 Å². The lowest BCUT2D eigenvalue weighted by molar-refractivity contribution is -0.120. The van der Waals surface area contributed by atoms with E-state index < -0.39 is 0 Å². The molecule has 3 heterocycles. The summed E-state index contributed by atoms with van der Waals surface area (Å²) < 4.78 is 6.73. The second kappa shape index (κ2) is 8.44. The van der Waals surface area contributed by atoms with Crippen LogP contribution in [0.5, 0.6) is 5.75 Å². The molecule has 0 spiro atoms. The minimum absolute atomic E-state index is 0.00289. The molecule has 1 aliphatic rings. The Balaban J connectivity index is 1.36. The van der Waals surface area contributed by atoms with E-state index >= 15 is 0 Å². The van der Waals surface area contributed by atoms with Crippen molar-refractivity contribution < 1.29 is 9.53 Å². The molecule has 1 fully saturated rings. The van der Waals surface area contributed by atoms with Crippen LogP contribution < -0.4 is 15.0 Å². The average molecular weight is 414 g/mol. The molecule has 0 bridgehead atoms. The Hall–Kier alpha value is -3.20. The van der Waals surface area contributed by atoms with E-state index in [1.807, 2.05) is 6.07 Å². The summed E-state index contributed by atoms with van der Waals surface area (Å²) in [5.41, 5.74) is 0.663. The number of aromatic nitrogens is 5. The van der Waals surface area contributed by atoms with Crippen LogP contribution in [-0.4, -0.2) is 50.8 Å². The number of piperidine rings is 1. The molecule has 3 aromatic rings. The molecule has 2 aromatic heterocycles. The fourth-order valence-corrected chi connectivity index (χ4v) is 3.58. The smallest absolute Gasteiger partial charge is 0.227 e. The maximum Gasteiger partial charge on any atom is 0.227 e. The number of nitrogens with zero attached hydrogens (tertiary/aromatic N) is 6. The number of carbonyl (C=O) groups excluding carboxylic acids is 1. The van der Waals surface area contributed by atoms with Crippen LogP contribution in [0.1, 0.15) is 12.8 Å². The van der Waals surface area contributed by atoms with Crippen LogP contribution in [0.25, 0.3) is 5.82 Å². The molecule has 4 rings (SSSR count). The molecule has 10 heteroatoms. The summed E-state index contributed by atoms with van der Waals surface area (Å²) in [5, 5.41) is 7.50. The zero-order valence-corrected chi connectivity index (χ0v) is 16.6. The highest BCUT2D eigenvalue weighted by atomic mass is 35.5. The van der Waals surface area contributed by atoms with Crippen LogP contribution in [0.2, 0.25) is 5.02 Å². The average Bonchev–Trinajstić information content (AvgIpc) is 3.29. The fourth-order valence-electron chi connectivity index (χ4n) is 3.32. The van der Waals surface area contributed by atoms with E-state index in [0.717, 1.165) is 31.7 Å². The van der Waals surface area contributed by atoms with E-state index in [-0.39, 0.29) is 11.8 Å². The van der Waals surface area contributed by atoms with Crippen LogP contribution >= 0.6 is 11.6 Å². The van der Waals surface area contributed by atoms with Gasteiger partial charge in [-0.3, -0.25) is 4.79 Å². The Morgan fingerprint density at radius 1 is 1.17 bits per heavy atom. The third kappa shape index (κ3) is 4.29. The van der Waals surface area contributed by atoms with Crippen molar-refractivity contribution >= 4 is 29.0 Å². The SMILES string of the molecule is COc1ccc(NC(=O)C2CCN(c3cc(-n4cncn4)ncn3)CC2)cc1Cl. The van der Waals surface area contributed by atoms with Gasteiger partial charge < -0.3 is 15.0 Å². The highest BCUT2D eigenvalue weighted by molar-refractivity contribution is 6.32. The first kappa shape index (κ1) is 19.1. The standard InChI is InChI=1S/C19H20ClN7O2/c1-29-16-3-2-14(8-15(16)20)25-19(28)13-4-6-26(7-5-13)17-9-18(23-11-22-17)27-12-21-10-24-27/h2-3,8-13H,4-7H2,1H3,(H,25,28). The molecule has 0 unspecified atom stereocenters. The summed E-state index contributed by atoms with van der Waals surface area (Å²) in [4.78, 5) is 27.3. The van der Waals surface area contributed by atoms with E-state index in [4.69, 9.17) is 16.3 Å². The van der Waals surface area contributed by atoms with Crippen molar-refractivity contribution in [3.63, 3.8) is 0 Å². The first-order valence-electron chi connectivity index (χ1n) is 9.20. The normalized spacial score (nSPS) is 14.6. The number of nitrogens with one attached hydrogen (secondary N) is 1. The minimum Gasteiger partial charge on any atom is -0.495 e. The fraction of sp³-hybridized carbons (Fsp3) is 0.316. The van der Waals surface area contributed by atoms with Crippen LogP contribution in [0.15, 0.2) is 43.2 Å². The topological polar surface area (TPSA) is 98.1 Å². The molecule has 1 aliphatic heterocycles. The number of amides is 1. The molecule has 150 valence electrons. The van der Waals surface area contributed by atoms with Crippen LogP contribution in [-0.2, 0) is 4.79 Å². The predicted molar refractivity (Wildman–Crippen MR) is 109 cm³/mol. The number of methoxy groups -OCH3 is 1. The first-order chi connectivity index (χ1) is 14.1. The van der Waals surface area contributed by atoms with Gasteiger partial charge in [0, 0.05) is 30.8 Å². The number of benzene rings is 1. The molecule has 0 saturated carbocycles. The zero-order chi connectivity index (χ0) is 20.2. The maximum absolute atomic E-state index is 12.6. The molecule has 0 atom stereocenters. The second-order valence-electron chi connectivity index (χ2n) is 6.67. The Morgan fingerprint density at radius 3 is 2.66 bits per heavy atom. The Bertz CT molecular complexity index is 988. The van der Waals surface area contributed by atoms with E-state index in [1.54, 1.807) is 36.3 Å². The monoisotopic (exact) mass is 413 g/mol. The summed E-state index contributed by atoms with van der Waals surface area (Å²) in [6.07, 6.45) is 6.03. The molecule has 0 aliphatic carbocycles. The van der Waals surface area contributed by atoms with Gasteiger partial charge in [0.2, 0.25) is 5.91 Å². The van der Waals surface area contributed by atoms with Crippen molar-refractivity contribution in [3.8, 4) is 11.6 Å². The largest absolute Gasteiger partial charge is 0.495 e. The third-order valence-electron chi connectivity index (χ3n) is 4.90. The predicted octanol–water partition coefficient (Wildman–Crippen LogP) is 2.57. The summed E-state index contributed by atoms with van der Waals surface area (Å²) in [5.74, 6) is 1.98. The molecule has 1 N–H and O–H groups in total. The second-order valence-corrected chi connectivity index (χ2v) is 7.08. The molecule has 9 nitrogen and oxygen atoms in total. The number of rotatable bonds is 5. The van der Waals surface area contributed by atoms with Gasteiger partial charge in [-0.1, -0.05) is 11.6 Å². The van der Waals surface area contributed by atoms with Crippen molar-refractivity contribution in [1.82, 2.24) is 24.7 Å². The zero-order valence-electron chi connectivity index (χ0n) is 15.8. The van der Waals surface area contributed by atoms with Crippen molar-refractivity contribution in [3.05, 3.63) is 48.3 Å². The minimum atomic E-state index is -0.0660. The number of hydrogen-bond donors (Lipinski definition) is 1. The lowest BCUT2D eigenvalue weighted by Crippen LogP contribution is -2.38. The van der Waals surface area contributed by atoms with Crippen LogP contribution in [0, 0.1) is 5.92 Å². The van der Waals surface area contributed by atoms with Crippen molar-refractivity contribution in [2.45, 2.75) is 12.8 Å². The Kier molecular flexibility index (Phi) is 5.57. The third-order valence-corrected chi connectivity index (χ3v) is 5.20. The summed E-state index contributed by atoms with van der Waals surface area (Å²) in [6, 6.07) is 7.08. The van der Waals surface area contributed by atoms with E-state index in [9.17, 15) is 4.79 Å². The van der Waals surface area contributed by atoms with Gasteiger partial charge in [-0.15, -0.1) is 0 Å². The molecule has 1 amide bonds. The van der Waals surface area contributed by atoms with Crippen molar-refractivity contribution in [1.29, 1.82) is 0 Å². The highest BCUT2D eigenvalue weighted by Crippen LogP contribution is 2.28. The lowest BCUT2D eigenvalue weighted by Gasteiger charge is -2.32. The van der Waals surface area contributed by atoms with Gasteiger partial charge in [0.05, 0.1) is 12.1 Å². The lowest BCUT2D eigenvalue weighted by atomic mass is 9.96. The quantitative estimate of drug-likeness (QED) is 0.686. The molecule has 29 heavy (non-hydrogen) atoms. The van der Waals surface area contributed by atoms with E-state index in [0.29, 0.717) is 22.3 Å². The molecular formula is C19H20ClN7O2. The van der Waals surface area contributed by atoms with Gasteiger partial charge in [0.1, 0.15) is 30.5 Å². The Morgan fingerprint density at radius 2 is 1.97 bits per heavy atom. The van der Waals surface area contributed by atoms with Crippen LogP contribution in [0.4, 0.5) is 11.5 Å². The van der Waals surface area contributed by atoms with Gasteiger partial charge in [-0.25, -0.2) is 19.6 Å². The van der Waals surface area contributed by atoms with Gasteiger partial charge in [-0.2, -0.15) is 5.10 Å². The van der Waals surface area contributed by atoms with Gasteiger partial charge >= 0.3 is 0 Å². The van der Waals surface area contributed by atoms with Crippen molar-refractivity contribution in [2.75, 3.05) is 30.4 Å². The Labute approximate surface area is 172 Å². The first-order valence-corrected chi connectivity index (χ1v) is 9.58. The van der Waals surface area contributed by atoms with Gasteiger partial charge in [-0.05, 0) is 31.0 Å². The maximum atomic E-state index is 12.6. The van der Waals surface area contributed by atoms with Gasteiger partial charge in [0.25, 0.3) is 0 Å². The summed E-state index contributed by atoms with van der Waals surface area (Å²) in [6.45, 7) is 1.46. The van der Waals surface area contributed by atoms with E-state index in [1.165, 1.54) is 12.7 Å². The van der Waals surface area contributed by atoms with Crippen molar-refractivity contribution in [2.24, 2.45) is 5.92 Å². The molecular weight excluding hydrogens is 394 g/mol. The molecule has 0 radical (unpaired) electrons. The molecule has 1 aromatic carbocycles.